The lowest BCUT2D eigenvalue weighted by Crippen LogP contribution is -2.50. The van der Waals surface area contributed by atoms with Gasteiger partial charge in [-0.15, -0.1) is 0 Å². The van der Waals surface area contributed by atoms with Crippen LogP contribution in [0.5, 0.6) is 5.75 Å². The molecule has 4 rings (SSSR count). The van der Waals surface area contributed by atoms with Crippen LogP contribution in [-0.2, 0) is 9.53 Å². The number of para-hydroxylation sites is 1. The van der Waals surface area contributed by atoms with Crippen LogP contribution < -0.4 is 4.74 Å². The van der Waals surface area contributed by atoms with Gasteiger partial charge in [-0.2, -0.15) is 0 Å². The number of nitrogens with zero attached hydrogens (tertiary/aromatic N) is 2. The van der Waals surface area contributed by atoms with Gasteiger partial charge in [0.25, 0.3) is 5.91 Å². The van der Waals surface area contributed by atoms with Gasteiger partial charge in [-0.1, -0.05) is 30.3 Å². The summed E-state index contributed by atoms with van der Waals surface area (Å²) in [5.74, 6) is -0.281. The fourth-order valence-corrected chi connectivity index (χ4v) is 4.19. The van der Waals surface area contributed by atoms with Crippen molar-refractivity contribution in [3.63, 3.8) is 0 Å². The first-order valence-electron chi connectivity index (χ1n) is 10.7. The van der Waals surface area contributed by atoms with Crippen LogP contribution in [0.2, 0.25) is 0 Å². The number of ether oxygens (including phenoxy) is 2. The molecule has 0 aromatic heterocycles. The normalized spacial score (nSPS) is 21.6. The minimum absolute atomic E-state index is 0.0372. The Morgan fingerprint density at radius 1 is 0.968 bits per heavy atom. The van der Waals surface area contributed by atoms with Crippen LogP contribution in [0.4, 0.5) is 4.39 Å². The molecule has 6 nitrogen and oxygen atoms in total. The van der Waals surface area contributed by atoms with Crippen molar-refractivity contribution >= 4 is 11.8 Å². The van der Waals surface area contributed by atoms with Crippen molar-refractivity contribution < 1.29 is 23.5 Å². The van der Waals surface area contributed by atoms with Gasteiger partial charge < -0.3 is 19.3 Å². The summed E-state index contributed by atoms with van der Waals surface area (Å²) >= 11 is 0. The third kappa shape index (κ3) is 5.22. The molecule has 2 atom stereocenters. The van der Waals surface area contributed by atoms with E-state index in [0.29, 0.717) is 45.8 Å². The smallest absolute Gasteiger partial charge is 0.256 e. The standard InChI is InChI=1S/C24H27FN2O4/c25-21-9-5-4-8-20(21)24(29)27-11-10-22(31-19-6-2-1-3-7-19)18(17-27)16-23(28)26-12-14-30-15-13-26/h1-9,18,22H,10-17H2/t18-,22-/m0/s1. The Balaban J connectivity index is 1.49. The predicted molar refractivity (Wildman–Crippen MR) is 113 cm³/mol. The molecule has 0 N–H and O–H groups in total. The Kier molecular flexibility index (Phi) is 6.82. The van der Waals surface area contributed by atoms with Crippen LogP contribution in [0, 0.1) is 11.7 Å². The molecule has 0 spiro atoms. The summed E-state index contributed by atoms with van der Waals surface area (Å²) in [7, 11) is 0. The number of halogens is 1. The highest BCUT2D eigenvalue weighted by atomic mass is 19.1. The van der Waals surface area contributed by atoms with Gasteiger partial charge in [-0.05, 0) is 24.3 Å². The van der Waals surface area contributed by atoms with Gasteiger partial charge in [-0.25, -0.2) is 4.39 Å². The van der Waals surface area contributed by atoms with Crippen LogP contribution >= 0.6 is 0 Å². The van der Waals surface area contributed by atoms with Crippen LogP contribution in [0.1, 0.15) is 23.2 Å². The molecule has 2 aromatic carbocycles. The van der Waals surface area contributed by atoms with Crippen molar-refractivity contribution in [2.75, 3.05) is 39.4 Å². The number of rotatable bonds is 5. The molecule has 31 heavy (non-hydrogen) atoms. The van der Waals surface area contributed by atoms with Crippen LogP contribution in [-0.4, -0.2) is 67.1 Å². The van der Waals surface area contributed by atoms with Crippen molar-refractivity contribution in [1.29, 1.82) is 0 Å². The quantitative estimate of drug-likeness (QED) is 0.738. The van der Waals surface area contributed by atoms with E-state index in [-0.39, 0.29) is 35.8 Å². The Hall–Kier alpha value is -2.93. The lowest BCUT2D eigenvalue weighted by molar-refractivity contribution is -0.137. The lowest BCUT2D eigenvalue weighted by atomic mass is 9.90. The van der Waals surface area contributed by atoms with E-state index in [0.717, 1.165) is 5.75 Å². The third-order valence-corrected chi connectivity index (χ3v) is 5.89. The fraction of sp³-hybridized carbons (Fsp3) is 0.417. The Bertz CT molecular complexity index is 901. The minimum Gasteiger partial charge on any atom is -0.490 e. The summed E-state index contributed by atoms with van der Waals surface area (Å²) in [6, 6.07) is 15.5. The van der Waals surface area contributed by atoms with Gasteiger partial charge in [-0.3, -0.25) is 9.59 Å². The van der Waals surface area contributed by atoms with Gasteiger partial charge in [0.15, 0.2) is 0 Å². The van der Waals surface area contributed by atoms with Gasteiger partial charge in [0.2, 0.25) is 5.91 Å². The molecule has 0 aliphatic carbocycles. The Labute approximate surface area is 181 Å². The number of carbonyl (C=O) groups excluding carboxylic acids is 2. The molecule has 0 unspecified atom stereocenters. The maximum atomic E-state index is 14.2. The highest BCUT2D eigenvalue weighted by Gasteiger charge is 2.36. The molecule has 164 valence electrons. The molecule has 0 radical (unpaired) electrons. The first-order valence-corrected chi connectivity index (χ1v) is 10.7. The molecule has 2 amide bonds. The van der Waals surface area contributed by atoms with E-state index in [2.05, 4.69) is 0 Å². The molecule has 2 aliphatic heterocycles. The Morgan fingerprint density at radius 3 is 2.42 bits per heavy atom. The van der Waals surface area contributed by atoms with Gasteiger partial charge in [0.1, 0.15) is 17.7 Å². The first kappa shape index (κ1) is 21.3. The molecular formula is C24H27FN2O4. The van der Waals surface area contributed by atoms with Crippen molar-refractivity contribution in [3.8, 4) is 5.75 Å². The average molecular weight is 426 g/mol. The summed E-state index contributed by atoms with van der Waals surface area (Å²) in [5.41, 5.74) is 0.0585. The van der Waals surface area contributed by atoms with E-state index in [4.69, 9.17) is 9.47 Å². The molecule has 0 bridgehead atoms. The number of benzene rings is 2. The zero-order valence-electron chi connectivity index (χ0n) is 17.4. The third-order valence-electron chi connectivity index (χ3n) is 5.89. The summed E-state index contributed by atoms with van der Waals surface area (Å²) in [5, 5.41) is 0. The van der Waals surface area contributed by atoms with E-state index >= 15 is 0 Å². The van der Waals surface area contributed by atoms with Crippen LogP contribution in [0.25, 0.3) is 0 Å². The highest BCUT2D eigenvalue weighted by Crippen LogP contribution is 2.27. The second kappa shape index (κ2) is 9.92. The lowest BCUT2D eigenvalue weighted by Gasteiger charge is -2.39. The zero-order chi connectivity index (χ0) is 21.6. The molecule has 2 fully saturated rings. The van der Waals surface area contributed by atoms with E-state index < -0.39 is 5.82 Å². The summed E-state index contributed by atoms with van der Waals surface area (Å²) in [6.45, 7) is 3.03. The van der Waals surface area contributed by atoms with Crippen molar-refractivity contribution in [3.05, 3.63) is 66.0 Å². The van der Waals surface area contributed by atoms with Crippen LogP contribution in [0.3, 0.4) is 0 Å². The SMILES string of the molecule is O=C(C[C@H]1CN(C(=O)c2ccccc2F)CC[C@@H]1Oc1ccccc1)N1CCOCC1. The van der Waals surface area contributed by atoms with Gasteiger partial charge in [0, 0.05) is 44.9 Å². The average Bonchev–Trinajstić information content (AvgIpc) is 2.81. The number of hydrogen-bond acceptors (Lipinski definition) is 4. The van der Waals surface area contributed by atoms with E-state index in [1.807, 2.05) is 30.3 Å². The number of amides is 2. The predicted octanol–water partition coefficient (Wildman–Crippen LogP) is 2.98. The molecule has 0 saturated carbocycles. The molecule has 2 aromatic rings. The minimum atomic E-state index is -0.531. The topological polar surface area (TPSA) is 59.1 Å². The monoisotopic (exact) mass is 426 g/mol. The van der Waals surface area contributed by atoms with Crippen LogP contribution in [0.15, 0.2) is 54.6 Å². The summed E-state index contributed by atoms with van der Waals surface area (Å²) in [4.78, 5) is 29.3. The molecule has 2 aliphatic rings. The zero-order valence-corrected chi connectivity index (χ0v) is 17.4. The molecule has 7 heteroatoms. The van der Waals surface area contributed by atoms with Gasteiger partial charge in [0.05, 0.1) is 18.8 Å². The maximum absolute atomic E-state index is 14.2. The molecule has 2 saturated heterocycles. The number of likely N-dealkylation sites (tertiary alicyclic amines) is 1. The second-order valence-electron chi connectivity index (χ2n) is 7.95. The van der Waals surface area contributed by atoms with E-state index in [9.17, 15) is 14.0 Å². The summed E-state index contributed by atoms with van der Waals surface area (Å²) < 4.78 is 25.7. The number of morpholine rings is 1. The number of piperidine rings is 1. The van der Waals surface area contributed by atoms with Crippen molar-refractivity contribution in [1.82, 2.24) is 9.80 Å². The fourth-order valence-electron chi connectivity index (χ4n) is 4.19. The largest absolute Gasteiger partial charge is 0.490 e. The van der Waals surface area contributed by atoms with E-state index in [1.54, 1.807) is 21.9 Å². The maximum Gasteiger partial charge on any atom is 0.256 e. The van der Waals surface area contributed by atoms with Crippen molar-refractivity contribution in [2.45, 2.75) is 18.9 Å². The van der Waals surface area contributed by atoms with Crippen molar-refractivity contribution in [2.24, 2.45) is 5.92 Å². The van der Waals surface area contributed by atoms with E-state index in [1.165, 1.54) is 12.1 Å². The number of hydrogen-bond donors (Lipinski definition) is 0. The first-order chi connectivity index (χ1) is 15.1. The number of carbonyl (C=O) groups is 2. The van der Waals surface area contributed by atoms with Gasteiger partial charge >= 0.3 is 0 Å². The Morgan fingerprint density at radius 2 is 1.68 bits per heavy atom. The molecular weight excluding hydrogens is 399 g/mol. The second-order valence-corrected chi connectivity index (χ2v) is 7.95. The summed E-state index contributed by atoms with van der Waals surface area (Å²) in [6.07, 6.45) is 0.659. The molecule has 2 heterocycles. The highest BCUT2D eigenvalue weighted by molar-refractivity contribution is 5.94.